The van der Waals surface area contributed by atoms with E-state index in [1.54, 1.807) is 0 Å². The predicted octanol–water partition coefficient (Wildman–Crippen LogP) is 3.84. The highest BCUT2D eigenvalue weighted by molar-refractivity contribution is 8.14. The summed E-state index contributed by atoms with van der Waals surface area (Å²) in [6.07, 6.45) is 0.764. The van der Waals surface area contributed by atoms with Gasteiger partial charge in [-0.05, 0) is 42.3 Å². The number of nitrogens with zero attached hydrogens (tertiary/aromatic N) is 2. The number of amidine groups is 1. The number of hydrazone groups is 1. The standard InChI is InChI=1S/C22H25N3O4S/c1-15-6-4-7-20(14-15)29-13-5-12-28-19-10-8-18(9-11-19)21-25(17(3)27)24-22(30-21)23-16(2)26/h4,6-11,14,21H,5,12-13H2,1-3H3,(H,23,24,26). The number of rotatable bonds is 7. The molecule has 2 amide bonds. The minimum absolute atomic E-state index is 0.193. The molecule has 1 aliphatic rings. The van der Waals surface area contributed by atoms with Crippen LogP contribution in [-0.2, 0) is 9.59 Å². The Morgan fingerprint density at radius 1 is 1.07 bits per heavy atom. The van der Waals surface area contributed by atoms with Crippen molar-refractivity contribution >= 4 is 28.7 Å². The van der Waals surface area contributed by atoms with Gasteiger partial charge in [0, 0.05) is 20.3 Å². The van der Waals surface area contributed by atoms with E-state index in [1.165, 1.54) is 36.2 Å². The SMILES string of the molecule is CC(=O)NC1=NN(C(C)=O)C(c2ccc(OCCCOc3cccc(C)c3)cc2)S1. The van der Waals surface area contributed by atoms with Crippen LogP contribution >= 0.6 is 11.8 Å². The lowest BCUT2D eigenvalue weighted by Gasteiger charge is -2.19. The third-order valence-corrected chi connectivity index (χ3v) is 5.33. The highest BCUT2D eigenvalue weighted by Gasteiger charge is 2.32. The summed E-state index contributed by atoms with van der Waals surface area (Å²) in [7, 11) is 0. The number of thioether (sulfide) groups is 1. The second-order valence-corrected chi connectivity index (χ2v) is 7.93. The van der Waals surface area contributed by atoms with Crippen LogP contribution in [0.25, 0.3) is 0 Å². The molecule has 1 heterocycles. The molecule has 0 saturated heterocycles. The zero-order valence-corrected chi connectivity index (χ0v) is 18.1. The number of carbonyl (C=O) groups is 2. The van der Waals surface area contributed by atoms with Crippen LogP contribution in [0.5, 0.6) is 11.5 Å². The van der Waals surface area contributed by atoms with Crippen LogP contribution in [0.2, 0.25) is 0 Å². The number of amides is 2. The van der Waals surface area contributed by atoms with E-state index in [4.69, 9.17) is 9.47 Å². The van der Waals surface area contributed by atoms with E-state index in [9.17, 15) is 9.59 Å². The van der Waals surface area contributed by atoms with Crippen molar-refractivity contribution in [1.82, 2.24) is 10.3 Å². The molecule has 158 valence electrons. The van der Waals surface area contributed by atoms with Crippen molar-refractivity contribution < 1.29 is 19.1 Å². The molecule has 2 aromatic rings. The molecular formula is C22H25N3O4S. The lowest BCUT2D eigenvalue weighted by atomic mass is 10.2. The van der Waals surface area contributed by atoms with Gasteiger partial charge in [-0.1, -0.05) is 36.0 Å². The Kier molecular flexibility index (Phi) is 7.35. The van der Waals surface area contributed by atoms with Crippen molar-refractivity contribution in [2.45, 2.75) is 32.6 Å². The molecule has 0 aromatic heterocycles. The lowest BCUT2D eigenvalue weighted by Crippen LogP contribution is -2.25. The second-order valence-electron chi connectivity index (χ2n) is 6.86. The minimum Gasteiger partial charge on any atom is -0.493 e. The Morgan fingerprint density at radius 3 is 2.40 bits per heavy atom. The molecule has 1 unspecified atom stereocenters. The van der Waals surface area contributed by atoms with Crippen LogP contribution in [0.3, 0.4) is 0 Å². The van der Waals surface area contributed by atoms with Gasteiger partial charge in [-0.25, -0.2) is 5.01 Å². The van der Waals surface area contributed by atoms with Gasteiger partial charge >= 0.3 is 0 Å². The van der Waals surface area contributed by atoms with Gasteiger partial charge in [0.2, 0.25) is 11.8 Å². The van der Waals surface area contributed by atoms with Gasteiger partial charge < -0.3 is 14.8 Å². The summed E-state index contributed by atoms with van der Waals surface area (Å²) in [5, 5.41) is 8.30. The number of hydrogen-bond donors (Lipinski definition) is 1. The fourth-order valence-corrected chi connectivity index (χ4v) is 3.99. The highest BCUT2D eigenvalue weighted by atomic mass is 32.2. The third kappa shape index (κ3) is 6.00. The first-order valence-electron chi connectivity index (χ1n) is 9.67. The molecule has 0 spiro atoms. The van der Waals surface area contributed by atoms with E-state index in [2.05, 4.69) is 10.4 Å². The summed E-state index contributed by atoms with van der Waals surface area (Å²) in [6, 6.07) is 15.5. The molecule has 0 fully saturated rings. The van der Waals surface area contributed by atoms with Crippen molar-refractivity contribution in [1.29, 1.82) is 0 Å². The molecule has 7 nitrogen and oxygen atoms in total. The molecule has 3 rings (SSSR count). The van der Waals surface area contributed by atoms with Crippen LogP contribution in [-0.4, -0.2) is 35.2 Å². The van der Waals surface area contributed by atoms with Crippen LogP contribution in [0.4, 0.5) is 0 Å². The van der Waals surface area contributed by atoms with Crippen LogP contribution < -0.4 is 14.8 Å². The zero-order valence-electron chi connectivity index (χ0n) is 17.3. The van der Waals surface area contributed by atoms with Crippen molar-refractivity contribution in [3.63, 3.8) is 0 Å². The van der Waals surface area contributed by atoms with Gasteiger partial charge in [0.25, 0.3) is 0 Å². The number of nitrogens with one attached hydrogen (secondary N) is 1. The van der Waals surface area contributed by atoms with Crippen LogP contribution in [0.15, 0.2) is 53.6 Å². The zero-order chi connectivity index (χ0) is 21.5. The Hall–Kier alpha value is -3.00. The molecule has 1 aliphatic heterocycles. The fourth-order valence-electron chi connectivity index (χ4n) is 2.85. The molecule has 1 N–H and O–H groups in total. The maximum absolute atomic E-state index is 11.9. The molecule has 2 aromatic carbocycles. The van der Waals surface area contributed by atoms with Gasteiger partial charge in [-0.2, -0.15) is 0 Å². The van der Waals surface area contributed by atoms with E-state index >= 15 is 0 Å². The van der Waals surface area contributed by atoms with Crippen LogP contribution in [0, 0.1) is 6.92 Å². The highest BCUT2D eigenvalue weighted by Crippen LogP contribution is 2.39. The average molecular weight is 428 g/mol. The summed E-state index contributed by atoms with van der Waals surface area (Å²) in [5.74, 6) is 1.20. The maximum atomic E-state index is 11.9. The third-order valence-electron chi connectivity index (χ3n) is 4.23. The van der Waals surface area contributed by atoms with Crippen molar-refractivity contribution in [3.8, 4) is 11.5 Å². The van der Waals surface area contributed by atoms with E-state index in [0.717, 1.165) is 23.5 Å². The number of carbonyl (C=O) groups excluding carboxylic acids is 2. The molecule has 1 atom stereocenters. The predicted molar refractivity (Wildman–Crippen MR) is 117 cm³/mol. The Bertz CT molecular complexity index is 930. The molecule has 0 saturated carbocycles. The fraction of sp³-hybridized carbons (Fsp3) is 0.318. The monoisotopic (exact) mass is 427 g/mol. The lowest BCUT2D eigenvalue weighted by molar-refractivity contribution is -0.129. The maximum Gasteiger partial charge on any atom is 0.241 e. The molecular weight excluding hydrogens is 402 g/mol. The van der Waals surface area contributed by atoms with E-state index in [1.807, 2.05) is 55.5 Å². The number of aryl methyl sites for hydroxylation is 1. The van der Waals surface area contributed by atoms with Gasteiger partial charge in [-0.15, -0.1) is 5.10 Å². The first-order valence-corrected chi connectivity index (χ1v) is 10.6. The van der Waals surface area contributed by atoms with E-state index in [-0.39, 0.29) is 17.2 Å². The van der Waals surface area contributed by atoms with Gasteiger partial charge in [-0.3, -0.25) is 9.59 Å². The molecule has 0 radical (unpaired) electrons. The molecule has 0 aliphatic carbocycles. The summed E-state index contributed by atoms with van der Waals surface area (Å²) in [4.78, 5) is 23.2. The van der Waals surface area contributed by atoms with E-state index in [0.29, 0.717) is 18.4 Å². The Morgan fingerprint density at radius 2 is 1.77 bits per heavy atom. The number of ether oxygens (including phenoxy) is 2. The summed E-state index contributed by atoms with van der Waals surface area (Å²) in [5.41, 5.74) is 2.07. The molecule has 30 heavy (non-hydrogen) atoms. The smallest absolute Gasteiger partial charge is 0.241 e. The topological polar surface area (TPSA) is 80.2 Å². The molecule has 0 bridgehead atoms. The van der Waals surface area contributed by atoms with E-state index < -0.39 is 0 Å². The van der Waals surface area contributed by atoms with Gasteiger partial charge in [0.15, 0.2) is 5.17 Å². The van der Waals surface area contributed by atoms with Gasteiger partial charge in [0.1, 0.15) is 16.9 Å². The second kappa shape index (κ2) is 10.2. The first kappa shape index (κ1) is 21.7. The Balaban J connectivity index is 1.48. The van der Waals surface area contributed by atoms with Crippen molar-refractivity contribution in [2.24, 2.45) is 5.10 Å². The summed E-state index contributed by atoms with van der Waals surface area (Å²) < 4.78 is 11.5. The quantitative estimate of drug-likeness (QED) is 0.679. The number of hydrogen-bond acceptors (Lipinski definition) is 6. The largest absolute Gasteiger partial charge is 0.493 e. The van der Waals surface area contributed by atoms with Gasteiger partial charge in [0.05, 0.1) is 13.2 Å². The van der Waals surface area contributed by atoms with Crippen molar-refractivity contribution in [2.75, 3.05) is 13.2 Å². The summed E-state index contributed by atoms with van der Waals surface area (Å²) in [6.45, 7) is 6.01. The Labute approximate surface area is 180 Å². The number of benzene rings is 2. The molecule has 8 heteroatoms. The van der Waals surface area contributed by atoms with Crippen molar-refractivity contribution in [3.05, 3.63) is 59.7 Å². The minimum atomic E-state index is -0.318. The normalized spacial score (nSPS) is 15.5. The van der Waals surface area contributed by atoms with Crippen LogP contribution in [0.1, 0.15) is 36.8 Å². The summed E-state index contributed by atoms with van der Waals surface area (Å²) >= 11 is 1.32. The first-order chi connectivity index (χ1) is 14.4. The average Bonchev–Trinajstić information content (AvgIpc) is 3.12.